The molecule has 0 fully saturated rings. The Bertz CT molecular complexity index is 1290. The minimum Gasteiger partial charge on any atom is -0.462 e. The smallest absolute Gasteiger partial charge is 0.306 e. The zero-order valence-corrected chi connectivity index (χ0v) is 43.2. The number of hydrogen-bond acceptors (Lipinski definition) is 6. The van der Waals surface area contributed by atoms with E-state index < -0.39 is 6.10 Å². The third-order valence-corrected chi connectivity index (χ3v) is 11.7. The van der Waals surface area contributed by atoms with Crippen LogP contribution in [-0.2, 0) is 28.6 Å². The van der Waals surface area contributed by atoms with Crippen LogP contribution in [0.1, 0.15) is 258 Å². The first kappa shape index (κ1) is 62.6. The minimum atomic E-state index is -0.771. The monoisotopic (exact) mass is 919 g/mol. The summed E-state index contributed by atoms with van der Waals surface area (Å²) >= 11 is 0. The fourth-order valence-electron chi connectivity index (χ4n) is 7.54. The Labute approximate surface area is 407 Å². The first-order valence-electron chi connectivity index (χ1n) is 27.6. The topological polar surface area (TPSA) is 78.9 Å². The van der Waals surface area contributed by atoms with Gasteiger partial charge in [0.2, 0.25) is 0 Å². The fraction of sp³-hybridized carbons (Fsp3) is 0.717. The third kappa shape index (κ3) is 51.6. The van der Waals surface area contributed by atoms with Crippen LogP contribution in [0.2, 0.25) is 0 Å². The Balaban J connectivity index is 4.07. The average molecular weight is 919 g/mol. The molecule has 0 heterocycles. The molecule has 0 amide bonds. The lowest BCUT2D eigenvalue weighted by atomic mass is 10.1. The summed E-state index contributed by atoms with van der Waals surface area (Å²) in [7, 11) is 0. The zero-order chi connectivity index (χ0) is 47.9. The number of carbonyl (C=O) groups excluding carboxylic acids is 3. The van der Waals surface area contributed by atoms with Gasteiger partial charge in [-0.3, -0.25) is 14.4 Å². The molecule has 1 unspecified atom stereocenters. The highest BCUT2D eigenvalue weighted by molar-refractivity contribution is 5.71. The number of hydrogen-bond donors (Lipinski definition) is 0. The zero-order valence-electron chi connectivity index (χ0n) is 43.2. The van der Waals surface area contributed by atoms with Gasteiger partial charge >= 0.3 is 17.9 Å². The number of ether oxygens (including phenoxy) is 3. The van der Waals surface area contributed by atoms with Crippen LogP contribution >= 0.6 is 0 Å². The molecule has 0 spiro atoms. The normalized spacial score (nSPS) is 12.7. The molecule has 0 aromatic rings. The van der Waals surface area contributed by atoms with Gasteiger partial charge < -0.3 is 14.2 Å². The summed E-state index contributed by atoms with van der Waals surface area (Å²) in [6, 6.07) is 0. The second-order valence-electron chi connectivity index (χ2n) is 18.1. The van der Waals surface area contributed by atoms with Gasteiger partial charge in [-0.15, -0.1) is 0 Å². The molecule has 66 heavy (non-hydrogen) atoms. The van der Waals surface area contributed by atoms with E-state index in [4.69, 9.17) is 14.2 Å². The average Bonchev–Trinajstić information content (AvgIpc) is 3.31. The van der Waals surface area contributed by atoms with Gasteiger partial charge in [0.15, 0.2) is 6.10 Å². The maximum absolute atomic E-state index is 12.7. The Morgan fingerprint density at radius 3 is 0.924 bits per heavy atom. The molecule has 0 aliphatic heterocycles. The van der Waals surface area contributed by atoms with Gasteiger partial charge in [-0.2, -0.15) is 0 Å². The first-order chi connectivity index (χ1) is 32.5. The van der Waals surface area contributed by atoms with Crippen molar-refractivity contribution in [2.45, 2.75) is 264 Å². The van der Waals surface area contributed by atoms with Crippen molar-refractivity contribution >= 4 is 17.9 Å². The number of allylic oxidation sites excluding steroid dienone is 14. The summed E-state index contributed by atoms with van der Waals surface area (Å²) in [5.41, 5.74) is 0. The Morgan fingerprint density at radius 2 is 0.591 bits per heavy atom. The maximum Gasteiger partial charge on any atom is 0.306 e. The van der Waals surface area contributed by atoms with Gasteiger partial charge in [-0.05, 0) is 77.0 Å². The van der Waals surface area contributed by atoms with Crippen molar-refractivity contribution in [3.05, 3.63) is 85.1 Å². The predicted molar refractivity (Wildman–Crippen MR) is 284 cm³/mol. The van der Waals surface area contributed by atoms with Gasteiger partial charge in [0.25, 0.3) is 0 Å². The molecular formula is C60H102O6. The summed E-state index contributed by atoms with van der Waals surface area (Å²) in [4.78, 5) is 37.8. The van der Waals surface area contributed by atoms with Gasteiger partial charge in [0.05, 0.1) is 0 Å². The molecule has 0 bridgehead atoms. The van der Waals surface area contributed by atoms with Gasteiger partial charge in [0, 0.05) is 19.3 Å². The van der Waals surface area contributed by atoms with Gasteiger partial charge in [-0.25, -0.2) is 0 Å². The van der Waals surface area contributed by atoms with Crippen molar-refractivity contribution in [2.24, 2.45) is 0 Å². The summed E-state index contributed by atoms with van der Waals surface area (Å²) in [5, 5.41) is 0. The van der Waals surface area contributed by atoms with Crippen LogP contribution in [-0.4, -0.2) is 37.2 Å². The molecule has 0 aromatic carbocycles. The third-order valence-electron chi connectivity index (χ3n) is 11.7. The van der Waals surface area contributed by atoms with E-state index in [1.807, 2.05) is 0 Å². The highest BCUT2D eigenvalue weighted by Gasteiger charge is 2.19. The molecule has 0 aliphatic rings. The molecule has 6 heteroatoms. The van der Waals surface area contributed by atoms with E-state index in [-0.39, 0.29) is 31.1 Å². The molecule has 0 saturated carbocycles. The fourth-order valence-corrected chi connectivity index (χ4v) is 7.54. The summed E-state index contributed by atoms with van der Waals surface area (Å²) in [6.45, 7) is 6.47. The standard InChI is InChI=1S/C60H102O6/c1-4-7-10-13-16-19-20-21-22-23-24-25-26-27-28-29-30-31-32-33-34-35-36-37-38-39-40-42-44-47-50-53-59(62)65-56-57(55-64-58(61)52-49-46-43-18-15-12-9-6-3)66-60(63)54-51-48-45-41-17-14-11-8-5-2/h7,10,16,19,21-22,24-25,27-28,30-31,33-34,57H,4-6,8-9,11-15,17-18,20,23,26,29,32,35-56H2,1-3H3/b10-7-,19-16-,22-21-,25-24-,28-27-,31-30-,34-33-. The molecule has 378 valence electrons. The Morgan fingerprint density at radius 1 is 0.318 bits per heavy atom. The largest absolute Gasteiger partial charge is 0.462 e. The van der Waals surface area contributed by atoms with Crippen molar-refractivity contribution < 1.29 is 28.6 Å². The highest BCUT2D eigenvalue weighted by atomic mass is 16.6. The number of esters is 3. The van der Waals surface area contributed by atoms with E-state index in [1.54, 1.807) is 0 Å². The van der Waals surface area contributed by atoms with Gasteiger partial charge in [0.1, 0.15) is 13.2 Å². The predicted octanol–water partition coefficient (Wildman–Crippen LogP) is 18.4. The lowest BCUT2D eigenvalue weighted by Gasteiger charge is -2.18. The van der Waals surface area contributed by atoms with Crippen molar-refractivity contribution in [3.63, 3.8) is 0 Å². The van der Waals surface area contributed by atoms with Crippen LogP contribution in [0.15, 0.2) is 85.1 Å². The van der Waals surface area contributed by atoms with Crippen LogP contribution in [0, 0.1) is 0 Å². The number of unbranched alkanes of at least 4 members (excludes halogenated alkanes) is 24. The SMILES string of the molecule is CC/C=C\C/C=C\C/C=C\C/C=C\C/C=C\C/C=C\C/C=C\CCCCCCCCCCCC(=O)OCC(COC(=O)CCCCCCCCCC)OC(=O)CCCCCCCCCCC. The molecule has 6 nitrogen and oxygen atoms in total. The van der Waals surface area contributed by atoms with Crippen molar-refractivity contribution in [1.29, 1.82) is 0 Å². The van der Waals surface area contributed by atoms with E-state index >= 15 is 0 Å². The number of rotatable bonds is 49. The molecular weight excluding hydrogens is 817 g/mol. The van der Waals surface area contributed by atoms with Crippen LogP contribution in [0.3, 0.4) is 0 Å². The maximum atomic E-state index is 12.7. The quantitative estimate of drug-likeness (QED) is 0.0262. The van der Waals surface area contributed by atoms with E-state index in [0.717, 1.165) is 109 Å². The molecule has 0 aromatic heterocycles. The van der Waals surface area contributed by atoms with Crippen molar-refractivity contribution in [1.82, 2.24) is 0 Å². The second kappa shape index (κ2) is 54.2. The van der Waals surface area contributed by atoms with Crippen molar-refractivity contribution in [3.8, 4) is 0 Å². The minimum absolute atomic E-state index is 0.0750. The molecule has 0 aliphatic carbocycles. The van der Waals surface area contributed by atoms with Crippen molar-refractivity contribution in [2.75, 3.05) is 13.2 Å². The Kier molecular flexibility index (Phi) is 51.4. The van der Waals surface area contributed by atoms with E-state index in [1.165, 1.54) is 109 Å². The lowest BCUT2D eigenvalue weighted by molar-refractivity contribution is -0.167. The van der Waals surface area contributed by atoms with E-state index in [0.29, 0.717) is 19.3 Å². The molecule has 0 rings (SSSR count). The summed E-state index contributed by atoms with van der Waals surface area (Å²) < 4.78 is 16.7. The van der Waals surface area contributed by atoms with Crippen LogP contribution < -0.4 is 0 Å². The van der Waals surface area contributed by atoms with Crippen LogP contribution in [0.5, 0.6) is 0 Å². The second-order valence-corrected chi connectivity index (χ2v) is 18.1. The van der Waals surface area contributed by atoms with Gasteiger partial charge in [-0.1, -0.05) is 247 Å². The first-order valence-corrected chi connectivity index (χ1v) is 27.6. The Hall–Kier alpha value is -3.41. The summed E-state index contributed by atoms with van der Waals surface area (Å²) in [6.07, 6.45) is 70.3. The van der Waals surface area contributed by atoms with E-state index in [9.17, 15) is 14.4 Å². The van der Waals surface area contributed by atoms with Crippen LogP contribution in [0.25, 0.3) is 0 Å². The molecule has 0 N–H and O–H groups in total. The molecule has 0 saturated heterocycles. The number of carbonyl (C=O) groups is 3. The highest BCUT2D eigenvalue weighted by Crippen LogP contribution is 2.15. The lowest BCUT2D eigenvalue weighted by Crippen LogP contribution is -2.30. The van der Waals surface area contributed by atoms with Crippen LogP contribution in [0.4, 0.5) is 0 Å². The summed E-state index contributed by atoms with van der Waals surface area (Å²) in [5.74, 6) is -0.887. The molecule has 0 radical (unpaired) electrons. The van der Waals surface area contributed by atoms with E-state index in [2.05, 4.69) is 106 Å². The molecule has 1 atom stereocenters.